The van der Waals surface area contributed by atoms with Gasteiger partial charge < -0.3 is 4.90 Å². The molecular formula is C26H24N4O3S. The summed E-state index contributed by atoms with van der Waals surface area (Å²) < 4.78 is 0. The Morgan fingerprint density at radius 1 is 0.853 bits per heavy atom. The summed E-state index contributed by atoms with van der Waals surface area (Å²) in [6.07, 6.45) is 0.132. The van der Waals surface area contributed by atoms with Gasteiger partial charge in [0.25, 0.3) is 5.91 Å². The summed E-state index contributed by atoms with van der Waals surface area (Å²) in [7, 11) is 0. The van der Waals surface area contributed by atoms with E-state index in [-0.39, 0.29) is 23.3 Å². The fraction of sp³-hybridized carbons (Fsp3) is 0.154. The van der Waals surface area contributed by atoms with E-state index in [0.29, 0.717) is 18.7 Å². The molecule has 1 unspecified atom stereocenters. The van der Waals surface area contributed by atoms with Crippen LogP contribution >= 0.6 is 12.2 Å². The van der Waals surface area contributed by atoms with Crippen LogP contribution in [0.3, 0.4) is 0 Å². The molecule has 1 atom stereocenters. The van der Waals surface area contributed by atoms with E-state index in [2.05, 4.69) is 16.2 Å². The van der Waals surface area contributed by atoms with Crippen LogP contribution in [0.2, 0.25) is 0 Å². The molecule has 4 rings (SSSR count). The Bertz CT molecular complexity index is 1180. The van der Waals surface area contributed by atoms with Crippen molar-refractivity contribution in [1.29, 1.82) is 0 Å². The van der Waals surface area contributed by atoms with Gasteiger partial charge in [-0.25, -0.2) is 0 Å². The molecule has 0 spiro atoms. The summed E-state index contributed by atoms with van der Waals surface area (Å²) in [5.41, 5.74) is 8.54. The maximum Gasteiger partial charge on any atom is 0.257 e. The largest absolute Gasteiger partial charge is 0.338 e. The van der Waals surface area contributed by atoms with E-state index in [9.17, 15) is 14.4 Å². The average molecular weight is 473 g/mol. The number of carbonyl (C=O) groups is 3. The molecule has 1 aliphatic heterocycles. The highest BCUT2D eigenvalue weighted by Crippen LogP contribution is 2.21. The lowest BCUT2D eigenvalue weighted by molar-refractivity contribution is -0.129. The van der Waals surface area contributed by atoms with Crippen LogP contribution in [0.5, 0.6) is 0 Å². The number of carbonyl (C=O) groups excluding carboxylic acids is 3. The highest BCUT2D eigenvalue weighted by atomic mass is 32.1. The van der Waals surface area contributed by atoms with Crippen molar-refractivity contribution < 1.29 is 14.4 Å². The first kappa shape index (κ1) is 23.1. The molecule has 0 saturated carbocycles. The Morgan fingerprint density at radius 3 is 2.15 bits per heavy atom. The molecule has 1 heterocycles. The summed E-state index contributed by atoms with van der Waals surface area (Å²) in [5, 5.41) is 2.51. The van der Waals surface area contributed by atoms with Crippen molar-refractivity contribution in [1.82, 2.24) is 21.1 Å². The van der Waals surface area contributed by atoms with Crippen molar-refractivity contribution in [3.63, 3.8) is 0 Å². The van der Waals surface area contributed by atoms with Crippen LogP contribution in [-0.4, -0.2) is 34.3 Å². The van der Waals surface area contributed by atoms with Crippen molar-refractivity contribution in [3.8, 4) is 11.1 Å². The lowest BCUT2D eigenvalue weighted by Gasteiger charge is -2.17. The zero-order valence-electron chi connectivity index (χ0n) is 18.4. The molecule has 8 heteroatoms. The van der Waals surface area contributed by atoms with E-state index in [1.807, 2.05) is 72.8 Å². The second-order valence-corrected chi connectivity index (χ2v) is 8.41. The zero-order valence-corrected chi connectivity index (χ0v) is 19.2. The number of hydrogen-bond donors (Lipinski definition) is 3. The quantitative estimate of drug-likeness (QED) is 0.392. The number of benzene rings is 3. The normalized spacial score (nSPS) is 15.0. The Hall–Kier alpha value is -4.04. The molecule has 1 saturated heterocycles. The van der Waals surface area contributed by atoms with E-state index >= 15 is 0 Å². The van der Waals surface area contributed by atoms with Gasteiger partial charge in [0.05, 0.1) is 5.92 Å². The Balaban J connectivity index is 1.24. The number of amides is 3. The SMILES string of the molecule is O=C(NC(=S)NNC(=O)C1CC(=O)N(Cc2ccccc2)C1)c1ccc(-c2ccccc2)cc1. The molecule has 0 aliphatic carbocycles. The topological polar surface area (TPSA) is 90.5 Å². The monoisotopic (exact) mass is 472 g/mol. The summed E-state index contributed by atoms with van der Waals surface area (Å²) in [4.78, 5) is 38.9. The van der Waals surface area contributed by atoms with Gasteiger partial charge in [-0.3, -0.25) is 30.6 Å². The van der Waals surface area contributed by atoms with Crippen LogP contribution in [0.15, 0.2) is 84.9 Å². The minimum Gasteiger partial charge on any atom is -0.338 e. The third-order valence-corrected chi connectivity index (χ3v) is 5.79. The minimum absolute atomic E-state index is 0.0315. The van der Waals surface area contributed by atoms with Gasteiger partial charge in [0.1, 0.15) is 0 Å². The fourth-order valence-corrected chi connectivity index (χ4v) is 3.92. The molecule has 0 aromatic heterocycles. The Labute approximate surface area is 203 Å². The molecule has 34 heavy (non-hydrogen) atoms. The van der Waals surface area contributed by atoms with Gasteiger partial charge in [0.2, 0.25) is 11.8 Å². The second-order valence-electron chi connectivity index (χ2n) is 8.00. The number of likely N-dealkylation sites (tertiary alicyclic amines) is 1. The van der Waals surface area contributed by atoms with Gasteiger partial charge in [0.15, 0.2) is 5.11 Å². The van der Waals surface area contributed by atoms with E-state index < -0.39 is 11.8 Å². The van der Waals surface area contributed by atoms with Crippen LogP contribution < -0.4 is 16.2 Å². The van der Waals surface area contributed by atoms with Crippen molar-refractivity contribution >= 4 is 35.1 Å². The number of thiocarbonyl (C=S) groups is 1. The predicted molar refractivity (Wildman–Crippen MR) is 133 cm³/mol. The number of hydrogen-bond acceptors (Lipinski definition) is 4. The summed E-state index contributed by atoms with van der Waals surface area (Å²) in [5.74, 6) is -1.31. The summed E-state index contributed by atoms with van der Waals surface area (Å²) >= 11 is 5.12. The van der Waals surface area contributed by atoms with Crippen molar-refractivity contribution in [3.05, 3.63) is 96.1 Å². The zero-order chi connectivity index (χ0) is 23.9. The summed E-state index contributed by atoms with van der Waals surface area (Å²) in [6.45, 7) is 0.794. The Kier molecular flexibility index (Phi) is 7.29. The van der Waals surface area contributed by atoms with Crippen LogP contribution in [0.4, 0.5) is 0 Å². The number of rotatable bonds is 5. The van der Waals surface area contributed by atoms with E-state index in [1.54, 1.807) is 17.0 Å². The molecule has 3 aromatic carbocycles. The predicted octanol–water partition coefficient (Wildman–Crippen LogP) is 3.04. The molecule has 1 aliphatic rings. The van der Waals surface area contributed by atoms with Gasteiger partial charge in [-0.1, -0.05) is 72.8 Å². The number of nitrogens with zero attached hydrogens (tertiary/aromatic N) is 1. The lowest BCUT2D eigenvalue weighted by atomic mass is 10.0. The molecule has 1 fully saturated rings. The molecule has 0 bridgehead atoms. The van der Waals surface area contributed by atoms with Gasteiger partial charge in [-0.15, -0.1) is 0 Å². The first-order valence-electron chi connectivity index (χ1n) is 10.9. The van der Waals surface area contributed by atoms with Crippen LogP contribution in [-0.2, 0) is 16.1 Å². The number of nitrogens with one attached hydrogen (secondary N) is 3. The molecule has 172 valence electrons. The second kappa shape index (κ2) is 10.7. The molecule has 7 nitrogen and oxygen atoms in total. The first-order valence-corrected chi connectivity index (χ1v) is 11.3. The van der Waals surface area contributed by atoms with E-state index in [1.165, 1.54) is 0 Å². The molecular weight excluding hydrogens is 448 g/mol. The van der Waals surface area contributed by atoms with Gasteiger partial charge in [-0.05, 0) is 41.0 Å². The van der Waals surface area contributed by atoms with Crippen molar-refractivity contribution in [2.24, 2.45) is 5.92 Å². The van der Waals surface area contributed by atoms with Crippen LogP contribution in [0.25, 0.3) is 11.1 Å². The van der Waals surface area contributed by atoms with Gasteiger partial charge >= 0.3 is 0 Å². The summed E-state index contributed by atoms with van der Waals surface area (Å²) in [6, 6.07) is 26.6. The lowest BCUT2D eigenvalue weighted by Crippen LogP contribution is -2.50. The van der Waals surface area contributed by atoms with E-state index in [4.69, 9.17) is 12.2 Å². The standard InChI is InChI=1S/C26H24N4O3S/c31-23-15-22(17-30(23)16-18-7-3-1-4-8-18)25(33)28-29-26(34)27-24(32)21-13-11-20(12-14-21)19-9-5-2-6-10-19/h1-14,22H,15-17H2,(H,28,33)(H2,27,29,32,34). The molecule has 0 radical (unpaired) electrons. The highest BCUT2D eigenvalue weighted by molar-refractivity contribution is 7.80. The third kappa shape index (κ3) is 5.85. The molecule has 3 N–H and O–H groups in total. The molecule has 3 amide bonds. The average Bonchev–Trinajstić information content (AvgIpc) is 3.24. The van der Waals surface area contributed by atoms with Crippen molar-refractivity contribution in [2.75, 3.05) is 6.54 Å². The van der Waals surface area contributed by atoms with Gasteiger partial charge in [0, 0.05) is 25.1 Å². The fourth-order valence-electron chi connectivity index (χ4n) is 3.78. The third-order valence-electron chi connectivity index (χ3n) is 5.58. The first-order chi connectivity index (χ1) is 16.5. The maximum absolute atomic E-state index is 12.5. The minimum atomic E-state index is -0.493. The molecule has 3 aromatic rings. The van der Waals surface area contributed by atoms with Crippen molar-refractivity contribution in [2.45, 2.75) is 13.0 Å². The number of hydrazine groups is 1. The van der Waals surface area contributed by atoms with Crippen LogP contribution in [0.1, 0.15) is 22.3 Å². The maximum atomic E-state index is 12.5. The van der Waals surface area contributed by atoms with Gasteiger partial charge in [-0.2, -0.15) is 0 Å². The smallest absolute Gasteiger partial charge is 0.257 e. The van der Waals surface area contributed by atoms with Crippen LogP contribution in [0, 0.1) is 5.92 Å². The highest BCUT2D eigenvalue weighted by Gasteiger charge is 2.34. The Morgan fingerprint density at radius 2 is 1.47 bits per heavy atom. The van der Waals surface area contributed by atoms with E-state index in [0.717, 1.165) is 16.7 Å².